The van der Waals surface area contributed by atoms with E-state index in [9.17, 15) is 4.79 Å². The number of methoxy groups -OCH3 is 1. The van der Waals surface area contributed by atoms with Crippen molar-refractivity contribution in [3.63, 3.8) is 0 Å². The third-order valence-electron chi connectivity index (χ3n) is 2.88. The van der Waals surface area contributed by atoms with Gasteiger partial charge in [0, 0.05) is 29.4 Å². The van der Waals surface area contributed by atoms with Crippen molar-refractivity contribution < 1.29 is 19.4 Å². The van der Waals surface area contributed by atoms with Gasteiger partial charge in [-0.25, -0.2) is 0 Å². The summed E-state index contributed by atoms with van der Waals surface area (Å²) in [4.78, 5) is 11.6. The minimum Gasteiger partial charge on any atom is -0.391 e. The van der Waals surface area contributed by atoms with Crippen molar-refractivity contribution in [2.75, 3.05) is 34.0 Å². The number of nitrogens with two attached hydrogens (primary N) is 1. The molecule has 0 radical (unpaired) electrons. The molecule has 1 aliphatic heterocycles. The van der Waals surface area contributed by atoms with Crippen molar-refractivity contribution in [1.29, 1.82) is 5.41 Å². The Balaban J connectivity index is 0.000000563. The molecule has 2 rings (SSSR count). The van der Waals surface area contributed by atoms with E-state index in [4.69, 9.17) is 15.3 Å². The SMILES string of the molecule is CN.COCC(C)O.N=C(C=O)c1ccc(SC2CCOC2)cc1. The molecule has 2 unspecified atom stereocenters. The van der Waals surface area contributed by atoms with E-state index in [0.717, 1.165) is 24.5 Å². The zero-order valence-corrected chi connectivity index (χ0v) is 15.3. The minimum absolute atomic E-state index is 0.0285. The molecule has 1 aromatic rings. The quantitative estimate of drug-likeness (QED) is 0.529. The van der Waals surface area contributed by atoms with E-state index >= 15 is 0 Å². The summed E-state index contributed by atoms with van der Waals surface area (Å²) < 4.78 is 9.86. The lowest BCUT2D eigenvalue weighted by atomic mass is 10.1. The van der Waals surface area contributed by atoms with E-state index in [1.807, 2.05) is 24.3 Å². The molecule has 1 heterocycles. The zero-order chi connectivity index (χ0) is 18.4. The number of aliphatic hydroxyl groups is 1. The second-order valence-electron chi connectivity index (χ2n) is 4.96. The Bertz CT molecular complexity index is 460. The molecule has 1 aromatic carbocycles. The van der Waals surface area contributed by atoms with Gasteiger partial charge in [0.2, 0.25) is 0 Å². The Morgan fingerprint density at radius 1 is 1.50 bits per heavy atom. The van der Waals surface area contributed by atoms with E-state index in [2.05, 4.69) is 10.5 Å². The van der Waals surface area contributed by atoms with E-state index in [1.54, 1.807) is 25.8 Å². The third-order valence-corrected chi connectivity index (χ3v) is 4.13. The molecular weight excluding hydrogens is 328 g/mol. The molecule has 4 N–H and O–H groups in total. The van der Waals surface area contributed by atoms with Crippen LogP contribution in [-0.4, -0.2) is 62.4 Å². The second kappa shape index (κ2) is 14.1. The third kappa shape index (κ3) is 9.79. The maximum Gasteiger partial charge on any atom is 0.168 e. The number of ether oxygens (including phenoxy) is 2. The average Bonchev–Trinajstić information content (AvgIpc) is 3.10. The number of rotatable bonds is 6. The maximum atomic E-state index is 10.4. The number of hydrogen-bond donors (Lipinski definition) is 3. The average molecular weight is 356 g/mol. The zero-order valence-electron chi connectivity index (χ0n) is 14.5. The van der Waals surface area contributed by atoms with Crippen LogP contribution in [-0.2, 0) is 14.3 Å². The first-order valence-corrected chi connectivity index (χ1v) is 8.58. The van der Waals surface area contributed by atoms with Gasteiger partial charge in [-0.15, -0.1) is 11.8 Å². The largest absolute Gasteiger partial charge is 0.391 e. The fourth-order valence-corrected chi connectivity index (χ4v) is 2.88. The van der Waals surface area contributed by atoms with Crippen LogP contribution in [0.4, 0.5) is 0 Å². The summed E-state index contributed by atoms with van der Waals surface area (Å²) in [7, 11) is 3.06. The Hall–Kier alpha value is -1.25. The summed E-state index contributed by atoms with van der Waals surface area (Å²) >= 11 is 1.80. The Labute approximate surface area is 148 Å². The predicted octanol–water partition coefficient (Wildman–Crippen LogP) is 1.72. The lowest BCUT2D eigenvalue weighted by Gasteiger charge is -2.07. The summed E-state index contributed by atoms with van der Waals surface area (Å²) in [6, 6.07) is 7.54. The maximum absolute atomic E-state index is 10.4. The number of carbonyl (C=O) groups is 1. The Morgan fingerprint density at radius 2 is 2.12 bits per heavy atom. The molecule has 1 fully saturated rings. The Morgan fingerprint density at radius 3 is 2.50 bits per heavy atom. The summed E-state index contributed by atoms with van der Waals surface area (Å²) in [6.07, 6.45) is 1.33. The lowest BCUT2D eigenvalue weighted by Crippen LogP contribution is -2.07. The lowest BCUT2D eigenvalue weighted by molar-refractivity contribution is -0.102. The standard InChI is InChI=1S/C12H13NO2S.C4H10O2.CH5N/c13-12(7-14)9-1-3-10(4-2-9)16-11-5-6-15-8-11;1-4(5)3-6-2;1-2/h1-4,7,11,13H,5-6,8H2;4-5H,3H2,1-2H3;2H2,1H3. The number of aliphatic hydroxyl groups excluding tert-OH is 1. The van der Waals surface area contributed by atoms with Gasteiger partial charge in [0.15, 0.2) is 6.29 Å². The van der Waals surface area contributed by atoms with Crippen LogP contribution in [0.1, 0.15) is 18.9 Å². The van der Waals surface area contributed by atoms with Gasteiger partial charge in [-0.1, -0.05) is 12.1 Å². The van der Waals surface area contributed by atoms with E-state index < -0.39 is 0 Å². The number of carbonyl (C=O) groups excluding carboxylic acids is 1. The summed E-state index contributed by atoms with van der Waals surface area (Å²) in [5.41, 5.74) is 5.20. The van der Waals surface area contributed by atoms with Crippen LogP contribution in [0.25, 0.3) is 0 Å². The van der Waals surface area contributed by atoms with Crippen molar-refractivity contribution in [2.24, 2.45) is 5.73 Å². The van der Waals surface area contributed by atoms with Crippen molar-refractivity contribution >= 4 is 23.8 Å². The van der Waals surface area contributed by atoms with Gasteiger partial charge >= 0.3 is 0 Å². The molecule has 0 spiro atoms. The van der Waals surface area contributed by atoms with Gasteiger partial charge in [0.1, 0.15) is 5.71 Å². The Kier molecular flexibility index (Phi) is 13.4. The minimum atomic E-state index is -0.324. The van der Waals surface area contributed by atoms with Crippen LogP contribution in [0, 0.1) is 5.41 Å². The molecule has 0 saturated carbocycles. The normalized spacial score (nSPS) is 17.0. The smallest absolute Gasteiger partial charge is 0.168 e. The number of nitrogens with one attached hydrogen (secondary N) is 1. The van der Waals surface area contributed by atoms with Gasteiger partial charge in [-0.2, -0.15) is 0 Å². The van der Waals surface area contributed by atoms with Gasteiger partial charge in [0.25, 0.3) is 0 Å². The topological polar surface area (TPSA) is 106 Å². The van der Waals surface area contributed by atoms with Crippen LogP contribution < -0.4 is 5.73 Å². The summed E-state index contributed by atoms with van der Waals surface area (Å²) in [6.45, 7) is 3.78. The molecule has 2 atom stereocenters. The molecule has 0 aromatic heterocycles. The van der Waals surface area contributed by atoms with Crippen LogP contribution in [0.5, 0.6) is 0 Å². The molecule has 1 saturated heterocycles. The van der Waals surface area contributed by atoms with Crippen molar-refractivity contribution in [2.45, 2.75) is 29.6 Å². The summed E-state index contributed by atoms with van der Waals surface area (Å²) in [5, 5.41) is 16.3. The molecule has 24 heavy (non-hydrogen) atoms. The van der Waals surface area contributed by atoms with E-state index in [-0.39, 0.29) is 11.8 Å². The molecule has 7 heteroatoms. The van der Waals surface area contributed by atoms with Crippen LogP contribution in [0.3, 0.4) is 0 Å². The molecular formula is C17H28N2O4S. The van der Waals surface area contributed by atoms with Crippen LogP contribution in [0.2, 0.25) is 0 Å². The molecule has 136 valence electrons. The number of hydrogen-bond acceptors (Lipinski definition) is 7. The molecule has 0 bridgehead atoms. The van der Waals surface area contributed by atoms with Gasteiger partial charge in [-0.05, 0) is 32.5 Å². The molecule has 0 aliphatic carbocycles. The second-order valence-corrected chi connectivity index (χ2v) is 6.34. The van der Waals surface area contributed by atoms with Crippen LogP contribution >= 0.6 is 11.8 Å². The van der Waals surface area contributed by atoms with Gasteiger partial charge < -0.3 is 20.3 Å². The fourth-order valence-electron chi connectivity index (χ4n) is 1.82. The van der Waals surface area contributed by atoms with Crippen LogP contribution in [0.15, 0.2) is 29.2 Å². The summed E-state index contributed by atoms with van der Waals surface area (Å²) in [5.74, 6) is 0. The van der Waals surface area contributed by atoms with Gasteiger partial charge in [-0.3, -0.25) is 10.2 Å². The van der Waals surface area contributed by atoms with Crippen molar-refractivity contribution in [1.82, 2.24) is 0 Å². The predicted molar refractivity (Wildman–Crippen MR) is 98.1 cm³/mol. The molecule has 0 amide bonds. The van der Waals surface area contributed by atoms with Crippen molar-refractivity contribution in [3.05, 3.63) is 29.8 Å². The highest BCUT2D eigenvalue weighted by molar-refractivity contribution is 8.00. The van der Waals surface area contributed by atoms with Gasteiger partial charge in [0.05, 0.1) is 19.3 Å². The molecule has 1 aliphatic rings. The molecule has 6 nitrogen and oxygen atoms in total. The first-order chi connectivity index (χ1) is 11.6. The van der Waals surface area contributed by atoms with Crippen molar-refractivity contribution in [3.8, 4) is 0 Å². The van der Waals surface area contributed by atoms with E-state index in [0.29, 0.717) is 23.7 Å². The first-order valence-electron chi connectivity index (χ1n) is 7.70. The fraction of sp³-hybridized carbons (Fsp3) is 0.529. The first kappa shape index (κ1) is 22.8. The highest BCUT2D eigenvalue weighted by Gasteiger charge is 2.16. The highest BCUT2D eigenvalue weighted by Crippen LogP contribution is 2.28. The number of benzene rings is 1. The highest BCUT2D eigenvalue weighted by atomic mass is 32.2. The van der Waals surface area contributed by atoms with E-state index in [1.165, 1.54) is 7.05 Å². The monoisotopic (exact) mass is 356 g/mol. The number of thioether (sulfide) groups is 1. The number of aldehydes is 1.